The second kappa shape index (κ2) is 7.76. The molecule has 2 aromatic heterocycles. The smallest absolute Gasteiger partial charge is 0.310 e. The van der Waals surface area contributed by atoms with Crippen molar-refractivity contribution in [3.05, 3.63) is 35.0 Å². The van der Waals surface area contributed by atoms with E-state index in [1.54, 1.807) is 18.5 Å². The Hall–Kier alpha value is -2.58. The molecule has 0 fully saturated rings. The van der Waals surface area contributed by atoms with E-state index in [0.29, 0.717) is 16.5 Å². The Morgan fingerprint density at radius 1 is 1.35 bits per heavy atom. The number of ether oxygens (including phenoxy) is 2. The predicted octanol–water partition coefficient (Wildman–Crippen LogP) is 3.23. The third-order valence-electron chi connectivity index (χ3n) is 3.68. The van der Waals surface area contributed by atoms with Gasteiger partial charge in [-0.25, -0.2) is 4.98 Å². The minimum Gasteiger partial charge on any atom is -0.438 e. The third kappa shape index (κ3) is 3.97. The number of anilines is 1. The zero-order chi connectivity index (χ0) is 18.7. The molecule has 3 rings (SSSR count). The highest BCUT2D eigenvalue weighted by Crippen LogP contribution is 2.24. The summed E-state index contributed by atoms with van der Waals surface area (Å²) in [7, 11) is 0. The highest BCUT2D eigenvalue weighted by atomic mass is 35.5. The highest BCUT2D eigenvalue weighted by molar-refractivity contribution is 6.34. The average molecular weight is 378 g/mol. The van der Waals surface area contributed by atoms with E-state index in [4.69, 9.17) is 21.1 Å². The Bertz CT molecular complexity index is 901. The van der Waals surface area contributed by atoms with Gasteiger partial charge in [0.2, 0.25) is 0 Å². The normalized spacial score (nSPS) is 11.3. The van der Waals surface area contributed by atoms with E-state index >= 15 is 0 Å². The van der Waals surface area contributed by atoms with E-state index in [2.05, 4.69) is 20.5 Å². The molecule has 1 aromatic carbocycles. The highest BCUT2D eigenvalue weighted by Gasteiger charge is 2.13. The summed E-state index contributed by atoms with van der Waals surface area (Å²) in [5, 5.41) is 11.1. The molecule has 0 saturated heterocycles. The monoisotopic (exact) mass is 377 g/mol. The van der Waals surface area contributed by atoms with Crippen molar-refractivity contribution in [3.63, 3.8) is 0 Å². The van der Waals surface area contributed by atoms with E-state index in [1.807, 2.05) is 31.2 Å². The van der Waals surface area contributed by atoms with Crippen molar-refractivity contribution >= 4 is 28.9 Å². The summed E-state index contributed by atoms with van der Waals surface area (Å²) in [5.41, 5.74) is 3.16. The first-order valence-corrected chi connectivity index (χ1v) is 8.53. The SMILES string of the molecule is Cc1[nH]n2nc(-c3ccc(NCOCOC(=O)C(C)C)cc3)nc2c1Cl. The molecule has 0 unspecified atom stereocenters. The van der Waals surface area contributed by atoms with Gasteiger partial charge in [0, 0.05) is 11.3 Å². The van der Waals surface area contributed by atoms with Crippen molar-refractivity contribution < 1.29 is 14.3 Å². The van der Waals surface area contributed by atoms with E-state index < -0.39 is 0 Å². The summed E-state index contributed by atoms with van der Waals surface area (Å²) < 4.78 is 11.7. The van der Waals surface area contributed by atoms with Gasteiger partial charge in [0.1, 0.15) is 11.8 Å². The Labute approximate surface area is 155 Å². The minimum atomic E-state index is -0.284. The molecule has 3 aromatic rings. The van der Waals surface area contributed by atoms with Gasteiger partial charge in [-0.15, -0.1) is 5.10 Å². The van der Waals surface area contributed by atoms with Crippen molar-refractivity contribution in [3.8, 4) is 11.4 Å². The van der Waals surface area contributed by atoms with Crippen LogP contribution in [0.4, 0.5) is 5.69 Å². The van der Waals surface area contributed by atoms with Crippen LogP contribution in [0.2, 0.25) is 5.02 Å². The Morgan fingerprint density at radius 2 is 2.08 bits per heavy atom. The fourth-order valence-corrected chi connectivity index (χ4v) is 2.37. The number of hydrogen-bond acceptors (Lipinski definition) is 6. The molecule has 26 heavy (non-hydrogen) atoms. The predicted molar refractivity (Wildman–Crippen MR) is 97.9 cm³/mol. The molecule has 0 bridgehead atoms. The van der Waals surface area contributed by atoms with Crippen LogP contribution in [0.25, 0.3) is 17.0 Å². The van der Waals surface area contributed by atoms with Gasteiger partial charge in [-0.05, 0) is 31.2 Å². The summed E-state index contributed by atoms with van der Waals surface area (Å²) in [5.74, 6) is 0.136. The Balaban J connectivity index is 1.54. The molecule has 0 aliphatic rings. The molecule has 0 spiro atoms. The van der Waals surface area contributed by atoms with Crippen LogP contribution in [0, 0.1) is 12.8 Å². The second-order valence-corrected chi connectivity index (χ2v) is 6.44. The van der Waals surface area contributed by atoms with Crippen LogP contribution in [0.3, 0.4) is 0 Å². The molecule has 2 heterocycles. The number of halogens is 1. The Morgan fingerprint density at radius 3 is 2.73 bits per heavy atom. The molecule has 8 nitrogen and oxygen atoms in total. The van der Waals surface area contributed by atoms with Gasteiger partial charge in [-0.2, -0.15) is 4.63 Å². The lowest BCUT2D eigenvalue weighted by atomic mass is 10.2. The number of esters is 1. The first kappa shape index (κ1) is 18.2. The van der Waals surface area contributed by atoms with Gasteiger partial charge >= 0.3 is 5.97 Å². The lowest BCUT2D eigenvalue weighted by molar-refractivity contribution is -0.159. The van der Waals surface area contributed by atoms with Crippen LogP contribution in [-0.2, 0) is 14.3 Å². The molecule has 0 saturated carbocycles. The number of aromatic amines is 1. The van der Waals surface area contributed by atoms with Crippen LogP contribution < -0.4 is 5.32 Å². The van der Waals surface area contributed by atoms with Crippen LogP contribution in [0.5, 0.6) is 0 Å². The fraction of sp³-hybridized carbons (Fsp3) is 0.353. The summed E-state index contributed by atoms with van der Waals surface area (Å²) >= 11 is 6.18. The maximum atomic E-state index is 11.3. The summed E-state index contributed by atoms with van der Waals surface area (Å²) in [4.78, 5) is 15.7. The van der Waals surface area contributed by atoms with Crippen LogP contribution >= 0.6 is 11.6 Å². The molecule has 0 aliphatic carbocycles. The topological polar surface area (TPSA) is 93.5 Å². The standard InChI is InChI=1S/C17H20ClN5O3/c1-10(2)17(24)26-9-25-8-19-13-6-4-12(5-7-13)15-20-16-14(18)11(3)21-23(16)22-15/h4-7,10,19,21H,8-9H2,1-3H3. The van der Waals surface area contributed by atoms with Crippen molar-refractivity contribution in [2.24, 2.45) is 5.92 Å². The number of rotatable bonds is 7. The van der Waals surface area contributed by atoms with Crippen molar-refractivity contribution in [1.82, 2.24) is 19.8 Å². The Kier molecular flexibility index (Phi) is 5.43. The number of fused-ring (bicyclic) bond motifs is 1. The molecule has 9 heteroatoms. The zero-order valence-corrected chi connectivity index (χ0v) is 15.5. The zero-order valence-electron chi connectivity index (χ0n) is 14.7. The molecule has 2 N–H and O–H groups in total. The van der Waals surface area contributed by atoms with Gasteiger partial charge in [0.15, 0.2) is 18.3 Å². The quantitative estimate of drug-likeness (QED) is 0.373. The number of carbonyl (C=O) groups excluding carboxylic acids is 1. The van der Waals surface area contributed by atoms with E-state index in [0.717, 1.165) is 16.9 Å². The first-order valence-electron chi connectivity index (χ1n) is 8.15. The lowest BCUT2D eigenvalue weighted by Crippen LogP contribution is -2.16. The molecular formula is C17H20ClN5O3. The summed E-state index contributed by atoms with van der Waals surface area (Å²) in [6.07, 6.45) is 0. The van der Waals surface area contributed by atoms with Crippen LogP contribution in [-0.4, -0.2) is 39.3 Å². The second-order valence-electron chi connectivity index (χ2n) is 6.06. The average Bonchev–Trinajstić information content (AvgIpc) is 3.14. The molecule has 138 valence electrons. The number of carbonyl (C=O) groups is 1. The van der Waals surface area contributed by atoms with Crippen LogP contribution in [0.1, 0.15) is 19.5 Å². The number of aryl methyl sites for hydroxylation is 1. The van der Waals surface area contributed by atoms with E-state index in [1.165, 1.54) is 0 Å². The molecular weight excluding hydrogens is 358 g/mol. The van der Waals surface area contributed by atoms with E-state index in [-0.39, 0.29) is 25.4 Å². The largest absolute Gasteiger partial charge is 0.438 e. The van der Waals surface area contributed by atoms with Gasteiger partial charge in [-0.3, -0.25) is 9.89 Å². The molecule has 0 amide bonds. The third-order valence-corrected chi connectivity index (χ3v) is 4.14. The number of aromatic nitrogens is 4. The van der Waals surface area contributed by atoms with Crippen molar-refractivity contribution in [2.45, 2.75) is 20.8 Å². The van der Waals surface area contributed by atoms with Gasteiger partial charge in [-0.1, -0.05) is 25.4 Å². The van der Waals surface area contributed by atoms with E-state index in [9.17, 15) is 4.79 Å². The molecule has 0 aliphatic heterocycles. The number of hydrogen-bond donors (Lipinski definition) is 2. The summed E-state index contributed by atoms with van der Waals surface area (Å²) in [6, 6.07) is 7.58. The maximum absolute atomic E-state index is 11.3. The first-order chi connectivity index (χ1) is 12.5. The van der Waals surface area contributed by atoms with Crippen molar-refractivity contribution in [1.29, 1.82) is 0 Å². The number of nitrogens with one attached hydrogen (secondary N) is 2. The maximum Gasteiger partial charge on any atom is 0.310 e. The number of H-pyrrole nitrogens is 1. The number of benzene rings is 1. The minimum absolute atomic E-state index is 0.0765. The summed E-state index contributed by atoms with van der Waals surface area (Å²) in [6.45, 7) is 5.56. The molecule has 0 radical (unpaired) electrons. The van der Waals surface area contributed by atoms with Gasteiger partial charge in [0.25, 0.3) is 0 Å². The van der Waals surface area contributed by atoms with Crippen LogP contribution in [0.15, 0.2) is 24.3 Å². The molecule has 0 atom stereocenters. The van der Waals surface area contributed by atoms with Gasteiger partial charge < -0.3 is 14.8 Å². The lowest BCUT2D eigenvalue weighted by Gasteiger charge is -2.09. The fourth-order valence-electron chi connectivity index (χ4n) is 2.21. The number of nitrogens with zero attached hydrogens (tertiary/aromatic N) is 3. The van der Waals surface area contributed by atoms with Crippen molar-refractivity contribution in [2.75, 3.05) is 18.8 Å². The van der Waals surface area contributed by atoms with Gasteiger partial charge in [0.05, 0.1) is 11.6 Å².